The molecule has 24 heavy (non-hydrogen) atoms. The number of fused-ring (bicyclic) bond motifs is 2. The van der Waals surface area contributed by atoms with Gasteiger partial charge in [0.1, 0.15) is 13.2 Å². The molecule has 0 radical (unpaired) electrons. The van der Waals surface area contributed by atoms with Crippen LogP contribution in [0.4, 0.5) is 0 Å². The first-order chi connectivity index (χ1) is 11.7. The zero-order valence-corrected chi connectivity index (χ0v) is 16.0. The van der Waals surface area contributed by atoms with E-state index in [-0.39, 0.29) is 5.91 Å². The number of ether oxygens (including phenoxy) is 2. The average molecular weight is 425 g/mol. The van der Waals surface area contributed by atoms with Crippen LogP contribution in [0, 0.1) is 0 Å². The topological polar surface area (TPSA) is 52.8 Å². The van der Waals surface area contributed by atoms with Crippen molar-refractivity contribution < 1.29 is 14.3 Å². The Bertz CT molecular complexity index is 1000. The minimum absolute atomic E-state index is 0.225. The Balaban J connectivity index is 1.85. The highest BCUT2D eigenvalue weighted by Gasteiger charge is 2.16. The van der Waals surface area contributed by atoms with Crippen molar-refractivity contribution in [1.82, 2.24) is 4.57 Å². The summed E-state index contributed by atoms with van der Waals surface area (Å²) in [5, 5.41) is 0. The second kappa shape index (κ2) is 6.34. The van der Waals surface area contributed by atoms with Crippen molar-refractivity contribution in [1.29, 1.82) is 0 Å². The minimum Gasteiger partial charge on any atom is -0.486 e. The van der Waals surface area contributed by atoms with Crippen molar-refractivity contribution in [2.24, 2.45) is 4.99 Å². The van der Waals surface area contributed by atoms with Crippen LogP contribution < -0.4 is 14.3 Å². The second-order valence-electron chi connectivity index (χ2n) is 5.11. The van der Waals surface area contributed by atoms with Crippen LogP contribution in [0.1, 0.15) is 16.6 Å². The second-order valence-corrected chi connectivity index (χ2v) is 8.59. The summed E-state index contributed by atoms with van der Waals surface area (Å²) in [4.78, 5) is 18.0. The SMILES string of the molecule is CCn1c(=NC(=O)c2ccc(Br)s2)sc2cc3c(cc21)OCCO3. The summed E-state index contributed by atoms with van der Waals surface area (Å²) >= 11 is 6.24. The van der Waals surface area contributed by atoms with Crippen LogP contribution in [0.2, 0.25) is 0 Å². The highest BCUT2D eigenvalue weighted by atomic mass is 79.9. The molecule has 5 nitrogen and oxygen atoms in total. The first-order valence-corrected chi connectivity index (χ1v) is 9.85. The number of benzene rings is 1. The van der Waals surface area contributed by atoms with E-state index in [1.165, 1.54) is 22.7 Å². The number of halogens is 1. The number of aromatic nitrogens is 1. The number of hydrogen-bond acceptors (Lipinski definition) is 5. The molecule has 4 rings (SSSR count). The zero-order valence-electron chi connectivity index (χ0n) is 12.7. The third kappa shape index (κ3) is 2.78. The zero-order chi connectivity index (χ0) is 16.7. The molecule has 8 heteroatoms. The van der Waals surface area contributed by atoms with E-state index in [9.17, 15) is 4.79 Å². The van der Waals surface area contributed by atoms with Crippen molar-refractivity contribution in [2.75, 3.05) is 13.2 Å². The predicted octanol–water partition coefficient (Wildman–Crippen LogP) is 4.06. The fourth-order valence-corrected chi connectivity index (χ4v) is 4.94. The lowest BCUT2D eigenvalue weighted by molar-refractivity contribution is 0.100. The normalized spacial score (nSPS) is 14.3. The van der Waals surface area contributed by atoms with Crippen molar-refractivity contribution in [3.8, 4) is 11.5 Å². The molecule has 0 N–H and O–H groups in total. The number of thiophene rings is 1. The summed E-state index contributed by atoms with van der Waals surface area (Å²) in [5.74, 6) is 1.27. The van der Waals surface area contributed by atoms with Gasteiger partial charge in [-0.05, 0) is 35.0 Å². The van der Waals surface area contributed by atoms with Gasteiger partial charge in [0.15, 0.2) is 16.3 Å². The number of nitrogens with zero attached hydrogens (tertiary/aromatic N) is 2. The Kier molecular flexibility index (Phi) is 4.19. The molecule has 0 unspecified atom stereocenters. The Hall–Kier alpha value is -1.64. The van der Waals surface area contributed by atoms with Gasteiger partial charge in [-0.1, -0.05) is 11.3 Å². The maximum absolute atomic E-state index is 12.4. The summed E-state index contributed by atoms with van der Waals surface area (Å²) in [7, 11) is 0. The largest absolute Gasteiger partial charge is 0.486 e. The monoisotopic (exact) mass is 424 g/mol. The molecular formula is C16H13BrN2O3S2. The molecule has 124 valence electrons. The fraction of sp³-hybridized carbons (Fsp3) is 0.250. The number of hydrogen-bond donors (Lipinski definition) is 0. The van der Waals surface area contributed by atoms with Gasteiger partial charge in [0.25, 0.3) is 5.91 Å². The van der Waals surface area contributed by atoms with Crippen molar-refractivity contribution in [3.63, 3.8) is 0 Å². The lowest BCUT2D eigenvalue weighted by Gasteiger charge is -2.18. The van der Waals surface area contributed by atoms with Crippen LogP contribution >= 0.6 is 38.6 Å². The van der Waals surface area contributed by atoms with Crippen LogP contribution in [0.15, 0.2) is 33.0 Å². The van der Waals surface area contributed by atoms with E-state index in [2.05, 4.69) is 20.9 Å². The smallest absolute Gasteiger partial charge is 0.289 e. The van der Waals surface area contributed by atoms with Crippen LogP contribution in [0.25, 0.3) is 10.2 Å². The fourth-order valence-electron chi connectivity index (χ4n) is 2.57. The first-order valence-electron chi connectivity index (χ1n) is 7.43. The van der Waals surface area contributed by atoms with Gasteiger partial charge in [0.05, 0.1) is 18.9 Å². The number of aryl methyl sites for hydroxylation is 1. The number of rotatable bonds is 2. The summed E-state index contributed by atoms with van der Waals surface area (Å²) < 4.78 is 15.3. The van der Waals surface area contributed by atoms with Gasteiger partial charge in [-0.25, -0.2) is 0 Å². The highest BCUT2D eigenvalue weighted by Crippen LogP contribution is 2.35. The van der Waals surface area contributed by atoms with Gasteiger partial charge in [-0.3, -0.25) is 4.79 Å². The number of carbonyl (C=O) groups is 1. The standard InChI is InChI=1S/C16H13BrN2O3S2/c1-2-19-9-7-10-11(22-6-5-21-10)8-13(9)24-16(19)18-15(20)12-3-4-14(17)23-12/h3-4,7-8H,2,5-6H2,1H3. The molecule has 3 aromatic rings. The molecular weight excluding hydrogens is 412 g/mol. The number of carbonyl (C=O) groups excluding carboxylic acids is 1. The van der Waals surface area contributed by atoms with Crippen molar-refractivity contribution >= 4 is 54.7 Å². The van der Waals surface area contributed by atoms with Gasteiger partial charge in [-0.15, -0.1) is 11.3 Å². The summed E-state index contributed by atoms with van der Waals surface area (Å²) in [6.07, 6.45) is 0. The van der Waals surface area contributed by atoms with E-state index >= 15 is 0 Å². The predicted molar refractivity (Wildman–Crippen MR) is 98.4 cm³/mol. The highest BCUT2D eigenvalue weighted by molar-refractivity contribution is 9.11. The quantitative estimate of drug-likeness (QED) is 0.623. The van der Waals surface area contributed by atoms with Gasteiger partial charge >= 0.3 is 0 Å². The van der Waals surface area contributed by atoms with Gasteiger partial charge in [0, 0.05) is 18.7 Å². The molecule has 0 saturated carbocycles. The van der Waals surface area contributed by atoms with Gasteiger partial charge in [0.2, 0.25) is 0 Å². The maximum atomic E-state index is 12.4. The molecule has 1 amide bonds. The summed E-state index contributed by atoms with van der Waals surface area (Å²) in [5.41, 5.74) is 1.01. The molecule has 0 atom stereocenters. The van der Waals surface area contributed by atoms with E-state index in [1.54, 1.807) is 6.07 Å². The number of amides is 1. The Labute approximate surface area is 154 Å². The van der Waals surface area contributed by atoms with Gasteiger partial charge < -0.3 is 14.0 Å². The molecule has 0 saturated heterocycles. The number of thiazole rings is 1. The van der Waals surface area contributed by atoms with Crippen LogP contribution in [-0.2, 0) is 6.54 Å². The minimum atomic E-state index is -0.225. The lowest BCUT2D eigenvalue weighted by atomic mass is 10.2. The molecule has 0 aliphatic carbocycles. The molecule has 1 aliphatic rings. The average Bonchev–Trinajstić information content (AvgIpc) is 3.15. The van der Waals surface area contributed by atoms with E-state index < -0.39 is 0 Å². The first kappa shape index (κ1) is 15.9. The Morgan fingerprint density at radius 1 is 1.25 bits per heavy atom. The molecule has 1 aromatic carbocycles. The van der Waals surface area contributed by atoms with Gasteiger partial charge in [-0.2, -0.15) is 4.99 Å². The third-order valence-electron chi connectivity index (χ3n) is 3.64. The summed E-state index contributed by atoms with van der Waals surface area (Å²) in [6, 6.07) is 7.57. The van der Waals surface area contributed by atoms with Crippen LogP contribution in [0.5, 0.6) is 11.5 Å². The molecule has 3 heterocycles. The Morgan fingerprint density at radius 2 is 2.00 bits per heavy atom. The van der Waals surface area contributed by atoms with E-state index in [0.717, 1.165) is 32.0 Å². The third-order valence-corrected chi connectivity index (χ3v) is 6.30. The van der Waals surface area contributed by atoms with E-state index in [0.29, 0.717) is 22.9 Å². The van der Waals surface area contributed by atoms with Crippen LogP contribution in [0.3, 0.4) is 0 Å². The lowest BCUT2D eigenvalue weighted by Crippen LogP contribution is -2.16. The Morgan fingerprint density at radius 3 is 2.67 bits per heavy atom. The molecule has 0 fully saturated rings. The molecule has 1 aliphatic heterocycles. The van der Waals surface area contributed by atoms with Crippen molar-refractivity contribution in [3.05, 3.63) is 37.7 Å². The molecule has 0 bridgehead atoms. The van der Waals surface area contributed by atoms with E-state index in [1.807, 2.05) is 29.7 Å². The molecule has 0 spiro atoms. The molecule has 2 aromatic heterocycles. The van der Waals surface area contributed by atoms with Crippen molar-refractivity contribution in [2.45, 2.75) is 13.5 Å². The summed E-state index contributed by atoms with van der Waals surface area (Å²) in [6.45, 7) is 3.87. The van der Waals surface area contributed by atoms with Crippen LogP contribution in [-0.4, -0.2) is 23.7 Å². The maximum Gasteiger partial charge on any atom is 0.289 e. The van der Waals surface area contributed by atoms with E-state index in [4.69, 9.17) is 9.47 Å².